The molecular weight excluding hydrogens is 402 g/mol. The number of pyridine rings is 1. The van der Waals surface area contributed by atoms with Crippen molar-refractivity contribution in [2.24, 2.45) is 0 Å². The zero-order chi connectivity index (χ0) is 19.7. The minimum atomic E-state index is -3.37. The van der Waals surface area contributed by atoms with E-state index in [4.69, 9.17) is 16.3 Å². The number of aromatic amines is 2. The Balaban J connectivity index is 1.41. The van der Waals surface area contributed by atoms with Gasteiger partial charge in [0.2, 0.25) is 0 Å². The Morgan fingerprint density at radius 3 is 2.61 bits per heavy atom. The van der Waals surface area contributed by atoms with E-state index in [0.29, 0.717) is 28.4 Å². The number of hydrogen-bond donors (Lipinski definition) is 2. The van der Waals surface area contributed by atoms with Crippen LogP contribution in [-0.4, -0.2) is 35.7 Å². The van der Waals surface area contributed by atoms with E-state index < -0.39 is 9.84 Å². The third kappa shape index (κ3) is 3.88. The molecular formula is C19H16ClN3O4S. The summed E-state index contributed by atoms with van der Waals surface area (Å²) in [5.74, 6) is 0.588. The van der Waals surface area contributed by atoms with Crippen molar-refractivity contribution in [3.8, 4) is 5.75 Å². The molecule has 0 saturated carbocycles. The maximum absolute atomic E-state index is 12.3. The smallest absolute Gasteiger partial charge is 0.325 e. The number of ether oxygens (including phenoxy) is 1. The Hall–Kier alpha value is -2.84. The zero-order valence-corrected chi connectivity index (χ0v) is 16.2. The lowest BCUT2D eigenvalue weighted by Gasteiger charge is -2.08. The molecule has 2 aromatic heterocycles. The summed E-state index contributed by atoms with van der Waals surface area (Å²) in [4.78, 5) is 21.3. The number of nitrogens with zero attached hydrogens (tertiary/aromatic N) is 1. The molecule has 0 aliphatic carbocycles. The fourth-order valence-corrected chi connectivity index (χ4v) is 4.31. The summed E-state index contributed by atoms with van der Waals surface area (Å²) in [6, 6.07) is 13.3. The topological polar surface area (TPSA) is 105 Å². The quantitative estimate of drug-likeness (QED) is 0.468. The fourth-order valence-electron chi connectivity index (χ4n) is 2.89. The van der Waals surface area contributed by atoms with Crippen molar-refractivity contribution in [1.29, 1.82) is 0 Å². The van der Waals surface area contributed by atoms with E-state index >= 15 is 0 Å². The molecule has 4 rings (SSSR count). The molecule has 0 saturated heterocycles. The fraction of sp³-hybridized carbons (Fsp3) is 0.158. The Morgan fingerprint density at radius 2 is 1.82 bits per heavy atom. The highest BCUT2D eigenvalue weighted by molar-refractivity contribution is 7.91. The molecule has 0 fully saturated rings. The van der Waals surface area contributed by atoms with Crippen molar-refractivity contribution >= 4 is 43.5 Å². The van der Waals surface area contributed by atoms with Crippen molar-refractivity contribution < 1.29 is 13.2 Å². The van der Waals surface area contributed by atoms with Gasteiger partial charge in [0.05, 0.1) is 28.3 Å². The molecule has 144 valence electrons. The van der Waals surface area contributed by atoms with Gasteiger partial charge in [0, 0.05) is 10.4 Å². The number of imidazole rings is 1. The maximum atomic E-state index is 12.3. The number of fused-ring (bicyclic) bond motifs is 2. The minimum Gasteiger partial charge on any atom is -0.494 e. The molecule has 0 amide bonds. The molecule has 0 radical (unpaired) electrons. The first kappa shape index (κ1) is 18.5. The second-order valence-electron chi connectivity index (χ2n) is 6.29. The molecule has 0 unspecified atom stereocenters. The Labute approximate surface area is 165 Å². The van der Waals surface area contributed by atoms with E-state index in [1.807, 2.05) is 6.07 Å². The molecule has 7 nitrogen and oxygen atoms in total. The molecule has 2 heterocycles. The summed E-state index contributed by atoms with van der Waals surface area (Å²) in [5.41, 5.74) is 1.53. The van der Waals surface area contributed by atoms with Gasteiger partial charge in [0.15, 0.2) is 15.5 Å². The Morgan fingerprint density at radius 1 is 1.04 bits per heavy atom. The SMILES string of the molecule is O=c1[nH]c2cc3cc(OCCCS(=O)(=O)c4ccc(Cl)cc4)ccc3nc2[nH]1. The highest BCUT2D eigenvalue weighted by Gasteiger charge is 2.14. The molecule has 0 spiro atoms. The van der Waals surface area contributed by atoms with Gasteiger partial charge in [-0.25, -0.2) is 18.2 Å². The van der Waals surface area contributed by atoms with Crippen LogP contribution in [0.1, 0.15) is 6.42 Å². The van der Waals surface area contributed by atoms with Crippen molar-refractivity contribution in [2.75, 3.05) is 12.4 Å². The molecule has 4 aromatic rings. The van der Waals surface area contributed by atoms with Crippen LogP contribution in [0.25, 0.3) is 22.1 Å². The summed E-state index contributed by atoms with van der Waals surface area (Å²) in [7, 11) is -3.37. The van der Waals surface area contributed by atoms with Gasteiger partial charge in [0.1, 0.15) is 5.75 Å². The Bertz CT molecular complexity index is 1310. The number of rotatable bonds is 6. The largest absolute Gasteiger partial charge is 0.494 e. The normalized spacial score (nSPS) is 11.9. The minimum absolute atomic E-state index is 0.0189. The van der Waals surface area contributed by atoms with Crippen LogP contribution >= 0.6 is 11.6 Å². The van der Waals surface area contributed by atoms with Crippen molar-refractivity contribution in [3.05, 3.63) is 64.0 Å². The lowest BCUT2D eigenvalue weighted by Crippen LogP contribution is -2.10. The van der Waals surface area contributed by atoms with Crippen LogP contribution in [0.15, 0.2) is 58.2 Å². The van der Waals surface area contributed by atoms with Crippen molar-refractivity contribution in [2.45, 2.75) is 11.3 Å². The third-order valence-corrected chi connectivity index (χ3v) is 6.33. The van der Waals surface area contributed by atoms with Crippen LogP contribution < -0.4 is 10.4 Å². The number of H-pyrrole nitrogens is 2. The van der Waals surface area contributed by atoms with Gasteiger partial charge >= 0.3 is 5.69 Å². The lowest BCUT2D eigenvalue weighted by atomic mass is 10.2. The third-order valence-electron chi connectivity index (χ3n) is 4.27. The highest BCUT2D eigenvalue weighted by Crippen LogP contribution is 2.22. The summed E-state index contributed by atoms with van der Waals surface area (Å²) in [5, 5.41) is 1.31. The van der Waals surface area contributed by atoms with E-state index in [2.05, 4.69) is 15.0 Å². The van der Waals surface area contributed by atoms with Gasteiger partial charge in [0.25, 0.3) is 0 Å². The average Bonchev–Trinajstić information content (AvgIpc) is 3.02. The highest BCUT2D eigenvalue weighted by atomic mass is 35.5. The standard InChI is InChI=1S/C19H16ClN3O4S/c20-13-2-5-15(6-3-13)28(25,26)9-1-8-27-14-4-7-16-12(10-14)11-17-18(21-16)23-19(24)22-17/h2-7,10-11H,1,8-9H2,(H2,21,22,23,24). The van der Waals surface area contributed by atoms with Crippen molar-refractivity contribution in [1.82, 2.24) is 15.0 Å². The van der Waals surface area contributed by atoms with Crippen LogP contribution in [0.3, 0.4) is 0 Å². The van der Waals surface area contributed by atoms with E-state index in [-0.39, 0.29) is 22.9 Å². The molecule has 0 aliphatic heterocycles. The van der Waals surface area contributed by atoms with E-state index in [0.717, 1.165) is 10.9 Å². The van der Waals surface area contributed by atoms with Crippen LogP contribution in [0, 0.1) is 0 Å². The molecule has 28 heavy (non-hydrogen) atoms. The second kappa shape index (κ2) is 7.29. The number of hydrogen-bond acceptors (Lipinski definition) is 5. The first-order valence-electron chi connectivity index (χ1n) is 8.55. The zero-order valence-electron chi connectivity index (χ0n) is 14.6. The van der Waals surface area contributed by atoms with E-state index in [9.17, 15) is 13.2 Å². The predicted molar refractivity (Wildman–Crippen MR) is 108 cm³/mol. The molecule has 0 bridgehead atoms. The number of benzene rings is 2. The monoisotopic (exact) mass is 417 g/mol. The van der Waals surface area contributed by atoms with E-state index in [1.165, 1.54) is 12.1 Å². The Kier molecular flexibility index (Phi) is 4.82. The van der Waals surface area contributed by atoms with Gasteiger partial charge in [-0.2, -0.15) is 0 Å². The van der Waals surface area contributed by atoms with Crippen molar-refractivity contribution in [3.63, 3.8) is 0 Å². The molecule has 0 aliphatic rings. The van der Waals surface area contributed by atoms with Crippen LogP contribution in [0.2, 0.25) is 5.02 Å². The molecule has 2 aromatic carbocycles. The number of aromatic nitrogens is 3. The predicted octanol–water partition coefficient (Wildman–Crippen LogP) is 3.30. The van der Waals surface area contributed by atoms with Crippen LogP contribution in [-0.2, 0) is 9.84 Å². The van der Waals surface area contributed by atoms with Crippen LogP contribution in [0.4, 0.5) is 0 Å². The first-order valence-corrected chi connectivity index (χ1v) is 10.6. The summed E-state index contributed by atoms with van der Waals surface area (Å²) >= 11 is 5.79. The van der Waals surface area contributed by atoms with Gasteiger partial charge < -0.3 is 9.72 Å². The van der Waals surface area contributed by atoms with Gasteiger partial charge in [-0.1, -0.05) is 11.6 Å². The summed E-state index contributed by atoms with van der Waals surface area (Å²) in [6.45, 7) is 0.259. The van der Waals surface area contributed by atoms with Gasteiger partial charge in [-0.15, -0.1) is 0 Å². The maximum Gasteiger partial charge on any atom is 0.325 e. The number of sulfone groups is 1. The molecule has 9 heteroatoms. The van der Waals surface area contributed by atoms with Gasteiger partial charge in [-0.05, 0) is 55.0 Å². The number of halogens is 1. The molecule has 0 atom stereocenters. The molecule has 2 N–H and O–H groups in total. The number of nitrogens with one attached hydrogen (secondary N) is 2. The summed E-state index contributed by atoms with van der Waals surface area (Å²) in [6.07, 6.45) is 0.353. The van der Waals surface area contributed by atoms with E-state index in [1.54, 1.807) is 30.3 Å². The average molecular weight is 418 g/mol. The summed E-state index contributed by atoms with van der Waals surface area (Å²) < 4.78 is 30.3. The lowest BCUT2D eigenvalue weighted by molar-refractivity contribution is 0.318. The van der Waals surface area contributed by atoms with Gasteiger partial charge in [-0.3, -0.25) is 4.98 Å². The first-order chi connectivity index (χ1) is 13.4. The second-order valence-corrected chi connectivity index (χ2v) is 8.84. The van der Waals surface area contributed by atoms with Crippen LogP contribution in [0.5, 0.6) is 5.75 Å².